The lowest BCUT2D eigenvalue weighted by molar-refractivity contribution is 0.0315. The molecule has 2 fully saturated rings. The highest BCUT2D eigenvalue weighted by molar-refractivity contribution is 7.99. The Labute approximate surface area is 137 Å². The molecule has 1 atom stereocenters. The Hall–Kier alpha value is -0.810. The van der Waals surface area contributed by atoms with E-state index >= 15 is 0 Å². The van der Waals surface area contributed by atoms with Crippen molar-refractivity contribution in [3.8, 4) is 0 Å². The number of ether oxygens (including phenoxy) is 1. The maximum Gasteiger partial charge on any atom is 0.191 e. The molecule has 0 radical (unpaired) electrons. The van der Waals surface area contributed by atoms with Crippen molar-refractivity contribution < 1.29 is 4.74 Å². The summed E-state index contributed by atoms with van der Waals surface area (Å²) in [5.41, 5.74) is 0. The normalized spacial score (nSPS) is 23.5. The fourth-order valence-corrected chi connectivity index (χ4v) is 4.50. The van der Waals surface area contributed by atoms with E-state index in [1.165, 1.54) is 57.2 Å². The molecule has 1 saturated carbocycles. The lowest BCUT2D eigenvalue weighted by Crippen LogP contribution is -2.21. The van der Waals surface area contributed by atoms with Gasteiger partial charge < -0.3 is 9.30 Å². The van der Waals surface area contributed by atoms with Crippen molar-refractivity contribution >= 4 is 11.8 Å². The maximum atomic E-state index is 5.82. The monoisotopic (exact) mass is 321 g/mol. The fourth-order valence-electron chi connectivity index (χ4n) is 3.48. The fraction of sp³-hybridized carbons (Fsp3) is 0.765. The van der Waals surface area contributed by atoms with Gasteiger partial charge in [0, 0.05) is 24.8 Å². The summed E-state index contributed by atoms with van der Waals surface area (Å²) in [6.45, 7) is 5.63. The molecule has 1 aromatic rings. The highest BCUT2D eigenvalue weighted by atomic mass is 32.2. The van der Waals surface area contributed by atoms with Crippen molar-refractivity contribution in [1.29, 1.82) is 0 Å². The first kappa shape index (κ1) is 16.1. The molecule has 0 spiro atoms. The third kappa shape index (κ3) is 3.93. The van der Waals surface area contributed by atoms with Crippen LogP contribution in [0.3, 0.4) is 0 Å². The standard InChI is InChI=1S/C17H27N3OS/c1-2-11-20-16(14-8-4-3-5-9-14)18-19-17(20)22-13-15-10-6-7-12-21-15/h2,14-15H,1,3-13H2/t15-/m1/s1. The van der Waals surface area contributed by atoms with Gasteiger partial charge in [-0.05, 0) is 32.1 Å². The van der Waals surface area contributed by atoms with Gasteiger partial charge in [0.25, 0.3) is 0 Å². The summed E-state index contributed by atoms with van der Waals surface area (Å²) in [6, 6.07) is 0. The molecule has 2 aliphatic rings. The number of aromatic nitrogens is 3. The van der Waals surface area contributed by atoms with Crippen LogP contribution in [0.25, 0.3) is 0 Å². The minimum Gasteiger partial charge on any atom is -0.377 e. The van der Waals surface area contributed by atoms with Gasteiger partial charge in [-0.3, -0.25) is 0 Å². The van der Waals surface area contributed by atoms with Gasteiger partial charge in [0.1, 0.15) is 5.82 Å². The van der Waals surface area contributed by atoms with E-state index in [2.05, 4.69) is 21.3 Å². The van der Waals surface area contributed by atoms with Crippen molar-refractivity contribution in [2.75, 3.05) is 12.4 Å². The zero-order valence-corrected chi connectivity index (χ0v) is 14.2. The van der Waals surface area contributed by atoms with E-state index in [0.717, 1.165) is 24.1 Å². The van der Waals surface area contributed by atoms with Crippen LogP contribution in [0, 0.1) is 0 Å². The number of allylic oxidation sites excluding steroid dienone is 1. The molecule has 1 aliphatic heterocycles. The van der Waals surface area contributed by atoms with Crippen LogP contribution < -0.4 is 0 Å². The van der Waals surface area contributed by atoms with Crippen LogP contribution >= 0.6 is 11.8 Å². The summed E-state index contributed by atoms with van der Waals surface area (Å²) in [7, 11) is 0. The highest BCUT2D eigenvalue weighted by Gasteiger charge is 2.23. The van der Waals surface area contributed by atoms with Crippen molar-refractivity contribution in [3.05, 3.63) is 18.5 Å². The lowest BCUT2D eigenvalue weighted by Gasteiger charge is -2.23. The van der Waals surface area contributed by atoms with E-state index in [-0.39, 0.29) is 0 Å². The molecule has 1 aromatic heterocycles. The molecule has 0 N–H and O–H groups in total. The van der Waals surface area contributed by atoms with Gasteiger partial charge in [0.05, 0.1) is 6.10 Å². The summed E-state index contributed by atoms with van der Waals surface area (Å²) >= 11 is 1.79. The first-order valence-electron chi connectivity index (χ1n) is 8.67. The smallest absolute Gasteiger partial charge is 0.191 e. The van der Waals surface area contributed by atoms with E-state index in [1.807, 2.05) is 6.08 Å². The SMILES string of the molecule is C=CCn1c(SC[C@H]2CCCCO2)nnc1C1CCCCC1. The van der Waals surface area contributed by atoms with Crippen LogP contribution in [-0.4, -0.2) is 33.2 Å². The summed E-state index contributed by atoms with van der Waals surface area (Å²) in [5.74, 6) is 2.74. The van der Waals surface area contributed by atoms with Crippen LogP contribution in [0.4, 0.5) is 0 Å². The molecule has 0 aromatic carbocycles. The van der Waals surface area contributed by atoms with Gasteiger partial charge in [-0.25, -0.2) is 0 Å². The number of hydrogen-bond donors (Lipinski definition) is 0. The Morgan fingerprint density at radius 1 is 1.14 bits per heavy atom. The second-order valence-corrected chi connectivity index (χ2v) is 7.36. The Morgan fingerprint density at radius 2 is 1.95 bits per heavy atom. The van der Waals surface area contributed by atoms with E-state index in [9.17, 15) is 0 Å². The second-order valence-electron chi connectivity index (χ2n) is 6.37. The summed E-state index contributed by atoms with van der Waals surface area (Å²) < 4.78 is 8.10. The Bertz CT molecular complexity index is 476. The van der Waals surface area contributed by atoms with Crippen LogP contribution in [0.5, 0.6) is 0 Å². The predicted octanol–water partition coefficient (Wildman–Crippen LogP) is 4.17. The van der Waals surface area contributed by atoms with Crippen molar-refractivity contribution in [3.63, 3.8) is 0 Å². The molecule has 1 saturated heterocycles. The van der Waals surface area contributed by atoms with Gasteiger partial charge in [0.2, 0.25) is 0 Å². The second kappa shape index (κ2) is 8.16. The number of nitrogens with zero attached hydrogens (tertiary/aromatic N) is 3. The first-order chi connectivity index (χ1) is 10.9. The first-order valence-corrected chi connectivity index (χ1v) is 9.65. The third-order valence-corrected chi connectivity index (χ3v) is 5.80. The zero-order valence-electron chi connectivity index (χ0n) is 13.4. The average molecular weight is 321 g/mol. The van der Waals surface area contributed by atoms with E-state index in [4.69, 9.17) is 4.74 Å². The van der Waals surface area contributed by atoms with Crippen molar-refractivity contribution in [2.45, 2.75) is 75.1 Å². The van der Waals surface area contributed by atoms with Gasteiger partial charge >= 0.3 is 0 Å². The molecule has 3 rings (SSSR count). The number of hydrogen-bond acceptors (Lipinski definition) is 4. The molecule has 22 heavy (non-hydrogen) atoms. The van der Waals surface area contributed by atoms with Gasteiger partial charge in [-0.2, -0.15) is 0 Å². The molecule has 2 heterocycles. The van der Waals surface area contributed by atoms with Crippen LogP contribution in [0.2, 0.25) is 0 Å². The lowest BCUT2D eigenvalue weighted by atomic mass is 9.89. The Balaban J connectivity index is 1.67. The average Bonchev–Trinajstić information content (AvgIpc) is 2.98. The van der Waals surface area contributed by atoms with Gasteiger partial charge in [-0.15, -0.1) is 16.8 Å². The molecular weight excluding hydrogens is 294 g/mol. The van der Waals surface area contributed by atoms with Crippen LogP contribution in [-0.2, 0) is 11.3 Å². The molecule has 0 unspecified atom stereocenters. The summed E-state index contributed by atoms with van der Waals surface area (Å²) in [6.07, 6.45) is 12.5. The van der Waals surface area contributed by atoms with Gasteiger partial charge in [0.15, 0.2) is 5.16 Å². The highest BCUT2D eigenvalue weighted by Crippen LogP contribution is 2.33. The molecular formula is C17H27N3OS. The molecule has 122 valence electrons. The largest absolute Gasteiger partial charge is 0.377 e. The topological polar surface area (TPSA) is 39.9 Å². The van der Waals surface area contributed by atoms with E-state index in [1.54, 1.807) is 11.8 Å². The van der Waals surface area contributed by atoms with Crippen molar-refractivity contribution in [1.82, 2.24) is 14.8 Å². The quantitative estimate of drug-likeness (QED) is 0.582. The molecule has 1 aliphatic carbocycles. The summed E-state index contributed by atoms with van der Waals surface area (Å²) in [4.78, 5) is 0. The molecule has 0 amide bonds. The molecule has 4 nitrogen and oxygen atoms in total. The maximum absolute atomic E-state index is 5.82. The number of rotatable bonds is 6. The van der Waals surface area contributed by atoms with E-state index < -0.39 is 0 Å². The Morgan fingerprint density at radius 3 is 2.68 bits per heavy atom. The summed E-state index contributed by atoms with van der Waals surface area (Å²) in [5, 5.41) is 10.0. The van der Waals surface area contributed by atoms with Gasteiger partial charge in [-0.1, -0.05) is 37.1 Å². The van der Waals surface area contributed by atoms with Crippen LogP contribution in [0.1, 0.15) is 63.1 Å². The minimum absolute atomic E-state index is 0.380. The third-order valence-electron chi connectivity index (χ3n) is 4.70. The number of thioether (sulfide) groups is 1. The van der Waals surface area contributed by atoms with E-state index in [0.29, 0.717) is 12.0 Å². The minimum atomic E-state index is 0.380. The molecule has 5 heteroatoms. The van der Waals surface area contributed by atoms with Crippen LogP contribution in [0.15, 0.2) is 17.8 Å². The molecule has 0 bridgehead atoms. The predicted molar refractivity (Wildman–Crippen MR) is 90.4 cm³/mol. The Kier molecular flexibility index (Phi) is 5.96. The van der Waals surface area contributed by atoms with Crippen molar-refractivity contribution in [2.24, 2.45) is 0 Å². The zero-order chi connectivity index (χ0) is 15.2.